The van der Waals surface area contributed by atoms with Gasteiger partial charge in [0, 0.05) is 17.6 Å². The van der Waals surface area contributed by atoms with E-state index in [0.717, 1.165) is 23.0 Å². The van der Waals surface area contributed by atoms with E-state index in [1.165, 1.54) is 5.69 Å². The molecule has 1 aromatic carbocycles. The van der Waals surface area contributed by atoms with Crippen molar-refractivity contribution in [1.82, 2.24) is 4.57 Å². The number of rotatable bonds is 2. The van der Waals surface area contributed by atoms with Crippen molar-refractivity contribution in [3.05, 3.63) is 35.0 Å². The van der Waals surface area contributed by atoms with Crippen LogP contribution in [0.4, 0.5) is 0 Å². The standard InChI is InChI=1S/C16H21NO2/c1-6-17-10(2)7-11-8-12(15(18)19)9-13(14(11)17)16(3,4)5/h7-9H,6H2,1-5H3,(H,18,19). The lowest BCUT2D eigenvalue weighted by Gasteiger charge is -2.22. The van der Waals surface area contributed by atoms with Gasteiger partial charge < -0.3 is 9.67 Å². The van der Waals surface area contributed by atoms with Crippen LogP contribution in [0.2, 0.25) is 0 Å². The van der Waals surface area contributed by atoms with Gasteiger partial charge in [-0.2, -0.15) is 0 Å². The van der Waals surface area contributed by atoms with Crippen molar-refractivity contribution in [1.29, 1.82) is 0 Å². The number of nitrogens with zero attached hydrogens (tertiary/aromatic N) is 1. The second-order valence-electron chi connectivity index (χ2n) is 6.05. The van der Waals surface area contributed by atoms with Gasteiger partial charge in [-0.1, -0.05) is 20.8 Å². The van der Waals surface area contributed by atoms with Crippen LogP contribution in [-0.2, 0) is 12.0 Å². The first kappa shape index (κ1) is 13.7. The third-order valence-corrected chi connectivity index (χ3v) is 3.57. The number of carboxylic acids is 1. The molecule has 0 aliphatic carbocycles. The molecular formula is C16H21NO2. The summed E-state index contributed by atoms with van der Waals surface area (Å²) in [5.74, 6) is -0.866. The third kappa shape index (κ3) is 2.25. The third-order valence-electron chi connectivity index (χ3n) is 3.57. The molecule has 1 heterocycles. The molecule has 3 heteroatoms. The van der Waals surface area contributed by atoms with Crippen LogP contribution in [0.1, 0.15) is 49.3 Å². The topological polar surface area (TPSA) is 42.2 Å². The highest BCUT2D eigenvalue weighted by atomic mass is 16.4. The first-order chi connectivity index (χ1) is 8.75. The molecule has 0 fully saturated rings. The number of carbonyl (C=O) groups is 1. The van der Waals surface area contributed by atoms with Crippen LogP contribution in [0.5, 0.6) is 0 Å². The maximum atomic E-state index is 11.3. The molecule has 0 aliphatic heterocycles. The van der Waals surface area contributed by atoms with Gasteiger partial charge in [-0.3, -0.25) is 0 Å². The van der Waals surface area contributed by atoms with E-state index in [1.54, 1.807) is 6.07 Å². The zero-order valence-electron chi connectivity index (χ0n) is 12.2. The summed E-state index contributed by atoms with van der Waals surface area (Å²) in [6, 6.07) is 5.66. The van der Waals surface area contributed by atoms with Gasteiger partial charge in [-0.25, -0.2) is 4.79 Å². The van der Waals surface area contributed by atoms with Crippen molar-refractivity contribution >= 4 is 16.9 Å². The molecule has 2 aromatic rings. The molecule has 1 aromatic heterocycles. The fourth-order valence-electron chi connectivity index (χ4n) is 2.65. The monoisotopic (exact) mass is 259 g/mol. The predicted molar refractivity (Wildman–Crippen MR) is 78.0 cm³/mol. The fourth-order valence-corrected chi connectivity index (χ4v) is 2.65. The van der Waals surface area contributed by atoms with E-state index in [0.29, 0.717) is 5.56 Å². The Hall–Kier alpha value is -1.77. The SMILES string of the molecule is CCn1c(C)cc2cc(C(=O)O)cc(C(C)(C)C)c21. The maximum Gasteiger partial charge on any atom is 0.335 e. The Labute approximate surface area is 113 Å². The zero-order valence-corrected chi connectivity index (χ0v) is 12.2. The Bertz CT molecular complexity index is 645. The molecule has 3 nitrogen and oxygen atoms in total. The molecule has 0 unspecified atom stereocenters. The molecule has 0 amide bonds. The number of aromatic carboxylic acids is 1. The normalized spacial score (nSPS) is 12.1. The van der Waals surface area contributed by atoms with E-state index in [4.69, 9.17) is 0 Å². The number of carboxylic acid groups (broad SMARTS) is 1. The molecule has 102 valence electrons. The number of hydrogen-bond donors (Lipinski definition) is 1. The Morgan fingerprint density at radius 1 is 1.26 bits per heavy atom. The molecule has 0 radical (unpaired) electrons. The first-order valence-electron chi connectivity index (χ1n) is 6.63. The molecule has 0 bridgehead atoms. The summed E-state index contributed by atoms with van der Waals surface area (Å²) >= 11 is 0. The molecule has 19 heavy (non-hydrogen) atoms. The van der Waals surface area contributed by atoms with Crippen LogP contribution < -0.4 is 0 Å². The Morgan fingerprint density at radius 2 is 1.89 bits per heavy atom. The summed E-state index contributed by atoms with van der Waals surface area (Å²) in [4.78, 5) is 11.3. The van der Waals surface area contributed by atoms with Gasteiger partial charge in [0.15, 0.2) is 0 Å². The number of aromatic nitrogens is 1. The van der Waals surface area contributed by atoms with Crippen LogP contribution in [0.25, 0.3) is 10.9 Å². The van der Waals surface area contributed by atoms with E-state index >= 15 is 0 Å². The van der Waals surface area contributed by atoms with Crippen molar-refractivity contribution in [2.24, 2.45) is 0 Å². The van der Waals surface area contributed by atoms with Crippen molar-refractivity contribution in [2.45, 2.75) is 46.6 Å². The van der Waals surface area contributed by atoms with Gasteiger partial charge in [-0.15, -0.1) is 0 Å². The second kappa shape index (κ2) is 4.41. The summed E-state index contributed by atoms with van der Waals surface area (Å²) in [6.45, 7) is 11.4. The lowest BCUT2D eigenvalue weighted by atomic mass is 9.84. The largest absolute Gasteiger partial charge is 0.478 e. The molecular weight excluding hydrogens is 238 g/mol. The van der Waals surface area contributed by atoms with Gasteiger partial charge in [0.1, 0.15) is 0 Å². The number of hydrogen-bond acceptors (Lipinski definition) is 1. The van der Waals surface area contributed by atoms with Crippen LogP contribution in [0.3, 0.4) is 0 Å². The highest BCUT2D eigenvalue weighted by Gasteiger charge is 2.22. The average Bonchev–Trinajstić information content (AvgIpc) is 2.61. The summed E-state index contributed by atoms with van der Waals surface area (Å²) in [5.41, 5.74) is 3.72. The summed E-state index contributed by atoms with van der Waals surface area (Å²) < 4.78 is 2.25. The lowest BCUT2D eigenvalue weighted by Crippen LogP contribution is -2.15. The van der Waals surface area contributed by atoms with Gasteiger partial charge >= 0.3 is 5.97 Å². The Kier molecular flexibility index (Phi) is 3.17. The number of fused-ring (bicyclic) bond motifs is 1. The molecule has 0 atom stereocenters. The smallest absolute Gasteiger partial charge is 0.335 e. The highest BCUT2D eigenvalue weighted by molar-refractivity contribution is 5.96. The van der Waals surface area contributed by atoms with Crippen LogP contribution in [0.15, 0.2) is 18.2 Å². The number of benzene rings is 1. The molecule has 0 spiro atoms. The van der Waals surface area contributed by atoms with Crippen molar-refractivity contribution < 1.29 is 9.90 Å². The van der Waals surface area contributed by atoms with E-state index in [-0.39, 0.29) is 5.41 Å². The van der Waals surface area contributed by atoms with Gasteiger partial charge in [0.25, 0.3) is 0 Å². The van der Waals surface area contributed by atoms with E-state index in [9.17, 15) is 9.90 Å². The van der Waals surface area contributed by atoms with Gasteiger partial charge in [0.2, 0.25) is 0 Å². The minimum absolute atomic E-state index is 0.0819. The summed E-state index contributed by atoms with van der Waals surface area (Å²) in [7, 11) is 0. The fraction of sp³-hybridized carbons (Fsp3) is 0.438. The van der Waals surface area contributed by atoms with Crippen molar-refractivity contribution in [2.75, 3.05) is 0 Å². The van der Waals surface area contributed by atoms with Crippen LogP contribution in [0, 0.1) is 6.92 Å². The minimum Gasteiger partial charge on any atom is -0.478 e. The zero-order chi connectivity index (χ0) is 14.4. The second-order valence-corrected chi connectivity index (χ2v) is 6.05. The highest BCUT2D eigenvalue weighted by Crippen LogP contribution is 2.33. The molecule has 0 saturated carbocycles. The van der Waals surface area contributed by atoms with Crippen molar-refractivity contribution in [3.63, 3.8) is 0 Å². The predicted octanol–water partition coefficient (Wildman–Crippen LogP) is 3.97. The molecule has 1 N–H and O–H groups in total. The minimum atomic E-state index is -0.866. The van der Waals surface area contributed by atoms with Gasteiger partial charge in [0.05, 0.1) is 11.1 Å². The molecule has 0 aliphatic rings. The lowest BCUT2D eigenvalue weighted by molar-refractivity contribution is 0.0697. The Balaban J connectivity index is 2.91. The Morgan fingerprint density at radius 3 is 2.37 bits per heavy atom. The van der Waals surface area contributed by atoms with Crippen LogP contribution >= 0.6 is 0 Å². The van der Waals surface area contributed by atoms with E-state index in [2.05, 4.69) is 45.3 Å². The van der Waals surface area contributed by atoms with E-state index < -0.39 is 5.97 Å². The maximum absolute atomic E-state index is 11.3. The molecule has 0 saturated heterocycles. The average molecular weight is 259 g/mol. The first-order valence-corrected chi connectivity index (χ1v) is 6.63. The quantitative estimate of drug-likeness (QED) is 0.886. The number of aryl methyl sites for hydroxylation is 2. The van der Waals surface area contributed by atoms with Crippen molar-refractivity contribution in [3.8, 4) is 0 Å². The summed E-state index contributed by atoms with van der Waals surface area (Å²) in [6.07, 6.45) is 0. The summed E-state index contributed by atoms with van der Waals surface area (Å²) in [5, 5.41) is 10.3. The molecule has 2 rings (SSSR count). The van der Waals surface area contributed by atoms with Gasteiger partial charge in [-0.05, 0) is 43.0 Å². The van der Waals surface area contributed by atoms with Crippen LogP contribution in [-0.4, -0.2) is 15.6 Å². The van der Waals surface area contributed by atoms with E-state index in [1.807, 2.05) is 6.07 Å².